The van der Waals surface area contributed by atoms with Crippen LogP contribution in [0.15, 0.2) is 0 Å². The smallest absolute Gasteiger partial charge is 0.308 e. The quantitative estimate of drug-likeness (QED) is 0.801. The maximum Gasteiger partial charge on any atom is 0.308 e. The second kappa shape index (κ2) is 6.89. The van der Waals surface area contributed by atoms with E-state index in [0.29, 0.717) is 25.3 Å². The fraction of sp³-hybridized carbons (Fsp3) is 0.857. The van der Waals surface area contributed by atoms with Crippen molar-refractivity contribution in [3.63, 3.8) is 0 Å². The molecular weight excluding hydrogens is 244 g/mol. The molecule has 0 saturated carbocycles. The number of carboxylic acid groups (broad SMARTS) is 1. The number of carbonyl (C=O) groups excluding carboxylic acids is 1. The Bertz CT molecular complexity index is 327. The number of nitrogens with one attached hydrogen (secondary N) is 1. The van der Waals surface area contributed by atoms with Crippen molar-refractivity contribution < 1.29 is 14.7 Å². The standard InChI is InChI=1S/C14H24N2O3/c17-13(4-3-11-5-7-15-8-6-11)16-9-1-2-12(10-16)14(18)19/h11-12,15H,1-10H2,(H,18,19)/t12-/m0/s1. The summed E-state index contributed by atoms with van der Waals surface area (Å²) in [5.74, 6) is -0.331. The Labute approximate surface area is 114 Å². The van der Waals surface area contributed by atoms with E-state index < -0.39 is 5.97 Å². The fourth-order valence-electron chi connectivity index (χ4n) is 3.06. The predicted molar refractivity (Wildman–Crippen MR) is 71.8 cm³/mol. The molecule has 0 bridgehead atoms. The SMILES string of the molecule is O=C(O)[C@H]1CCCN(C(=O)CCC2CCNCC2)C1. The van der Waals surface area contributed by atoms with Crippen LogP contribution in [0.1, 0.15) is 38.5 Å². The molecule has 0 aromatic heterocycles. The van der Waals surface area contributed by atoms with Crippen LogP contribution in [0.4, 0.5) is 0 Å². The highest BCUT2D eigenvalue weighted by atomic mass is 16.4. The zero-order valence-electron chi connectivity index (χ0n) is 11.4. The third-order valence-corrected chi connectivity index (χ3v) is 4.35. The Balaban J connectivity index is 1.74. The van der Waals surface area contributed by atoms with Gasteiger partial charge in [0.15, 0.2) is 0 Å². The van der Waals surface area contributed by atoms with Crippen molar-refractivity contribution in [2.24, 2.45) is 11.8 Å². The summed E-state index contributed by atoms with van der Waals surface area (Å²) in [6.45, 7) is 3.25. The molecule has 2 aliphatic heterocycles. The molecule has 5 nitrogen and oxygen atoms in total. The van der Waals surface area contributed by atoms with Gasteiger partial charge in [0.25, 0.3) is 0 Å². The topological polar surface area (TPSA) is 69.6 Å². The Morgan fingerprint density at radius 2 is 1.95 bits per heavy atom. The van der Waals surface area contributed by atoms with Crippen molar-refractivity contribution in [2.45, 2.75) is 38.5 Å². The van der Waals surface area contributed by atoms with Gasteiger partial charge < -0.3 is 15.3 Å². The minimum atomic E-state index is -0.768. The van der Waals surface area contributed by atoms with Crippen molar-refractivity contribution in [3.05, 3.63) is 0 Å². The molecule has 108 valence electrons. The van der Waals surface area contributed by atoms with E-state index in [9.17, 15) is 9.59 Å². The van der Waals surface area contributed by atoms with Crippen molar-refractivity contribution in [1.29, 1.82) is 0 Å². The fourth-order valence-corrected chi connectivity index (χ4v) is 3.06. The minimum absolute atomic E-state index is 0.143. The van der Waals surface area contributed by atoms with Gasteiger partial charge in [0.2, 0.25) is 5.91 Å². The van der Waals surface area contributed by atoms with E-state index in [2.05, 4.69) is 5.32 Å². The summed E-state index contributed by atoms with van der Waals surface area (Å²) in [5.41, 5.74) is 0. The van der Waals surface area contributed by atoms with Gasteiger partial charge >= 0.3 is 5.97 Å². The van der Waals surface area contributed by atoms with Gasteiger partial charge in [-0.25, -0.2) is 0 Å². The van der Waals surface area contributed by atoms with E-state index in [0.717, 1.165) is 45.3 Å². The Morgan fingerprint density at radius 1 is 1.21 bits per heavy atom. The first-order valence-corrected chi connectivity index (χ1v) is 7.38. The van der Waals surface area contributed by atoms with Gasteiger partial charge in [-0.05, 0) is 51.1 Å². The Hall–Kier alpha value is -1.10. The van der Waals surface area contributed by atoms with Crippen molar-refractivity contribution in [3.8, 4) is 0 Å². The van der Waals surface area contributed by atoms with Crippen LogP contribution in [0.2, 0.25) is 0 Å². The third-order valence-electron chi connectivity index (χ3n) is 4.35. The number of carbonyl (C=O) groups is 2. The first-order chi connectivity index (χ1) is 9.16. The molecule has 0 radical (unpaired) electrons. The molecule has 0 spiro atoms. The lowest BCUT2D eigenvalue weighted by molar-refractivity contribution is -0.145. The zero-order chi connectivity index (χ0) is 13.7. The van der Waals surface area contributed by atoms with Gasteiger partial charge in [-0.15, -0.1) is 0 Å². The summed E-state index contributed by atoms with van der Waals surface area (Å²) in [6, 6.07) is 0. The lowest BCUT2D eigenvalue weighted by atomic mass is 9.92. The summed E-state index contributed by atoms with van der Waals surface area (Å²) in [6.07, 6.45) is 5.37. The molecule has 0 aromatic carbocycles. The summed E-state index contributed by atoms with van der Waals surface area (Å²) >= 11 is 0. The van der Waals surface area contributed by atoms with Crippen LogP contribution in [-0.2, 0) is 9.59 Å². The summed E-state index contributed by atoms with van der Waals surface area (Å²) in [4.78, 5) is 24.9. The van der Waals surface area contributed by atoms with Crippen LogP contribution < -0.4 is 5.32 Å². The highest BCUT2D eigenvalue weighted by Crippen LogP contribution is 2.21. The summed E-state index contributed by atoms with van der Waals surface area (Å²) in [5, 5.41) is 12.4. The second-order valence-electron chi connectivity index (χ2n) is 5.75. The molecule has 19 heavy (non-hydrogen) atoms. The molecule has 5 heteroatoms. The van der Waals surface area contributed by atoms with Crippen LogP contribution in [0.5, 0.6) is 0 Å². The lowest BCUT2D eigenvalue weighted by Gasteiger charge is -2.31. The van der Waals surface area contributed by atoms with E-state index in [4.69, 9.17) is 5.11 Å². The average Bonchev–Trinajstić information content (AvgIpc) is 2.46. The molecule has 2 saturated heterocycles. The Morgan fingerprint density at radius 3 is 2.63 bits per heavy atom. The van der Waals surface area contributed by atoms with E-state index in [-0.39, 0.29) is 11.8 Å². The van der Waals surface area contributed by atoms with Gasteiger partial charge in [0.1, 0.15) is 0 Å². The molecular formula is C14H24N2O3. The molecule has 1 atom stereocenters. The first-order valence-electron chi connectivity index (χ1n) is 7.38. The van der Waals surface area contributed by atoms with Crippen LogP contribution in [0.25, 0.3) is 0 Å². The van der Waals surface area contributed by atoms with Gasteiger partial charge in [0.05, 0.1) is 5.92 Å². The number of nitrogens with zero attached hydrogens (tertiary/aromatic N) is 1. The molecule has 2 rings (SSSR count). The summed E-state index contributed by atoms with van der Waals surface area (Å²) < 4.78 is 0. The number of amides is 1. The highest BCUT2D eigenvalue weighted by molar-refractivity contribution is 5.78. The number of likely N-dealkylation sites (tertiary alicyclic amines) is 1. The number of rotatable bonds is 4. The Kier molecular flexibility index (Phi) is 5.19. The first kappa shape index (κ1) is 14.3. The molecule has 1 amide bonds. The number of hydrogen-bond donors (Lipinski definition) is 2. The molecule has 2 fully saturated rings. The third kappa shape index (κ3) is 4.20. The minimum Gasteiger partial charge on any atom is -0.481 e. The molecule has 2 aliphatic rings. The highest BCUT2D eigenvalue weighted by Gasteiger charge is 2.28. The molecule has 2 heterocycles. The van der Waals surface area contributed by atoms with Crippen molar-refractivity contribution in [2.75, 3.05) is 26.2 Å². The van der Waals surface area contributed by atoms with Crippen LogP contribution in [0, 0.1) is 11.8 Å². The van der Waals surface area contributed by atoms with Crippen molar-refractivity contribution in [1.82, 2.24) is 10.2 Å². The zero-order valence-corrected chi connectivity index (χ0v) is 11.4. The normalized spacial score (nSPS) is 25.3. The monoisotopic (exact) mass is 268 g/mol. The molecule has 0 unspecified atom stereocenters. The molecule has 0 aromatic rings. The molecule has 0 aliphatic carbocycles. The van der Waals surface area contributed by atoms with Gasteiger partial charge in [0, 0.05) is 19.5 Å². The van der Waals surface area contributed by atoms with Gasteiger partial charge in [-0.1, -0.05) is 0 Å². The van der Waals surface area contributed by atoms with E-state index >= 15 is 0 Å². The second-order valence-corrected chi connectivity index (χ2v) is 5.75. The van der Waals surface area contributed by atoms with E-state index in [1.54, 1.807) is 4.90 Å². The number of carboxylic acids is 1. The van der Waals surface area contributed by atoms with Gasteiger partial charge in [-0.3, -0.25) is 9.59 Å². The largest absolute Gasteiger partial charge is 0.481 e. The molecule has 2 N–H and O–H groups in total. The van der Waals surface area contributed by atoms with Crippen LogP contribution >= 0.6 is 0 Å². The maximum atomic E-state index is 12.1. The lowest BCUT2D eigenvalue weighted by Crippen LogP contribution is -2.42. The van der Waals surface area contributed by atoms with Crippen molar-refractivity contribution >= 4 is 11.9 Å². The van der Waals surface area contributed by atoms with Gasteiger partial charge in [-0.2, -0.15) is 0 Å². The van der Waals surface area contributed by atoms with E-state index in [1.807, 2.05) is 0 Å². The van der Waals surface area contributed by atoms with Crippen LogP contribution in [-0.4, -0.2) is 48.1 Å². The number of hydrogen-bond acceptors (Lipinski definition) is 3. The number of piperidine rings is 2. The summed E-state index contributed by atoms with van der Waals surface area (Å²) in [7, 11) is 0. The number of aliphatic carboxylic acids is 1. The maximum absolute atomic E-state index is 12.1. The average molecular weight is 268 g/mol. The van der Waals surface area contributed by atoms with Crippen LogP contribution in [0.3, 0.4) is 0 Å². The predicted octanol–water partition coefficient (Wildman–Crippen LogP) is 1.09. The van der Waals surface area contributed by atoms with E-state index in [1.165, 1.54) is 0 Å².